The summed E-state index contributed by atoms with van der Waals surface area (Å²) in [7, 11) is -1.90. The molecule has 8 heteroatoms. The van der Waals surface area contributed by atoms with E-state index < -0.39 is 21.0 Å². The van der Waals surface area contributed by atoms with Gasteiger partial charge in [0.15, 0.2) is 9.84 Å². The van der Waals surface area contributed by atoms with Gasteiger partial charge >= 0.3 is 0 Å². The van der Waals surface area contributed by atoms with E-state index >= 15 is 0 Å². The molecule has 0 radical (unpaired) electrons. The average molecular weight is 355 g/mol. The molecule has 3 rings (SSSR count). The van der Waals surface area contributed by atoms with Crippen molar-refractivity contribution in [2.24, 2.45) is 7.05 Å². The molecule has 0 amide bonds. The van der Waals surface area contributed by atoms with Crippen LogP contribution in [0.5, 0.6) is 5.88 Å². The van der Waals surface area contributed by atoms with Crippen molar-refractivity contribution in [1.82, 2.24) is 9.78 Å². The summed E-state index contributed by atoms with van der Waals surface area (Å²) in [6.45, 7) is 3.55. The molecular weight excluding hydrogens is 340 g/mol. The topological polar surface area (TPSA) is 89.3 Å². The summed E-state index contributed by atoms with van der Waals surface area (Å²) < 4.78 is 25.6. The van der Waals surface area contributed by atoms with E-state index in [0.717, 1.165) is 0 Å². The Morgan fingerprint density at radius 2 is 2.00 bits per heavy atom. The molecule has 1 aromatic heterocycles. The van der Waals surface area contributed by atoms with Gasteiger partial charge in [0.05, 0.1) is 21.9 Å². The monoisotopic (exact) mass is 354 g/mol. The number of carbonyl (C=O) groups excluding carboxylic acids is 1. The molecule has 1 aliphatic heterocycles. The van der Waals surface area contributed by atoms with Crippen LogP contribution in [0.3, 0.4) is 0 Å². The van der Waals surface area contributed by atoms with Crippen molar-refractivity contribution in [3.8, 4) is 5.88 Å². The van der Waals surface area contributed by atoms with Crippen LogP contribution in [0.25, 0.3) is 0 Å². The first-order valence-corrected chi connectivity index (χ1v) is 8.91. The minimum Gasteiger partial charge on any atom is -0.493 e. The second-order valence-corrected chi connectivity index (χ2v) is 8.61. The molecule has 0 saturated carbocycles. The van der Waals surface area contributed by atoms with Crippen LogP contribution in [0.2, 0.25) is 5.02 Å². The second-order valence-electron chi connectivity index (χ2n) is 6.28. The van der Waals surface area contributed by atoms with E-state index in [0.29, 0.717) is 5.56 Å². The maximum absolute atomic E-state index is 12.6. The zero-order chi connectivity index (χ0) is 17.2. The highest BCUT2D eigenvalue weighted by molar-refractivity contribution is 7.91. The third-order valence-corrected chi connectivity index (χ3v) is 6.57. The number of benzene rings is 1. The summed E-state index contributed by atoms with van der Waals surface area (Å²) in [6, 6.07) is 2.79. The van der Waals surface area contributed by atoms with Gasteiger partial charge in [0.1, 0.15) is 5.56 Å². The SMILES string of the molecule is Cn1ncc(C(=O)c2ccc3c(c2Cl)C(C)(C)CS3(=O)=O)c1O. The van der Waals surface area contributed by atoms with Gasteiger partial charge < -0.3 is 5.11 Å². The smallest absolute Gasteiger partial charge is 0.220 e. The molecule has 0 fully saturated rings. The Morgan fingerprint density at radius 3 is 2.57 bits per heavy atom. The highest BCUT2D eigenvalue weighted by Gasteiger charge is 2.43. The van der Waals surface area contributed by atoms with Crippen molar-refractivity contribution in [1.29, 1.82) is 0 Å². The standard InChI is InChI=1S/C15H15ClN2O4S/c1-15(2)7-23(21,22)10-5-4-8(12(16)11(10)15)13(19)9-6-17-18(3)14(9)20/h4-6,20H,7H2,1-3H3. The number of aryl methyl sites for hydroxylation is 1. The quantitative estimate of drug-likeness (QED) is 0.834. The second kappa shape index (κ2) is 4.82. The first-order chi connectivity index (χ1) is 10.6. The third kappa shape index (κ3) is 2.26. The molecule has 0 atom stereocenters. The molecule has 23 heavy (non-hydrogen) atoms. The predicted octanol–water partition coefficient (Wildman–Crippen LogP) is 2.07. The van der Waals surface area contributed by atoms with Gasteiger partial charge in [-0.1, -0.05) is 25.4 Å². The van der Waals surface area contributed by atoms with Crippen molar-refractivity contribution in [2.45, 2.75) is 24.2 Å². The molecule has 0 bridgehead atoms. The van der Waals surface area contributed by atoms with E-state index in [4.69, 9.17) is 11.6 Å². The van der Waals surface area contributed by atoms with Crippen LogP contribution >= 0.6 is 11.6 Å². The third-order valence-electron chi connectivity index (χ3n) is 4.06. The number of fused-ring (bicyclic) bond motifs is 1. The number of hydrogen-bond acceptors (Lipinski definition) is 5. The maximum Gasteiger partial charge on any atom is 0.220 e. The van der Waals surface area contributed by atoms with Gasteiger partial charge in [0, 0.05) is 18.0 Å². The molecular formula is C15H15ClN2O4S. The minimum absolute atomic E-state index is 0.0213. The van der Waals surface area contributed by atoms with Crippen molar-refractivity contribution in [3.63, 3.8) is 0 Å². The Kier molecular flexibility index (Phi) is 3.35. The van der Waals surface area contributed by atoms with E-state index in [-0.39, 0.29) is 32.7 Å². The predicted molar refractivity (Wildman–Crippen MR) is 84.8 cm³/mol. The number of hydrogen-bond donors (Lipinski definition) is 1. The van der Waals surface area contributed by atoms with E-state index in [1.54, 1.807) is 13.8 Å². The molecule has 6 nitrogen and oxygen atoms in total. The maximum atomic E-state index is 12.6. The number of aromatic hydroxyl groups is 1. The fourth-order valence-corrected chi connectivity index (χ4v) is 5.76. The number of aromatic nitrogens is 2. The Labute approximate surface area is 138 Å². The summed E-state index contributed by atoms with van der Waals surface area (Å²) in [5.74, 6) is -0.813. The number of halogens is 1. The molecule has 1 aliphatic rings. The van der Waals surface area contributed by atoms with Gasteiger partial charge in [0.25, 0.3) is 0 Å². The molecule has 1 N–H and O–H groups in total. The molecule has 122 valence electrons. The van der Waals surface area contributed by atoms with Crippen molar-refractivity contribution in [3.05, 3.63) is 40.0 Å². The summed E-state index contributed by atoms with van der Waals surface area (Å²) in [5, 5.41) is 13.8. The van der Waals surface area contributed by atoms with Crippen molar-refractivity contribution >= 4 is 27.2 Å². The van der Waals surface area contributed by atoms with E-state index in [2.05, 4.69) is 5.10 Å². The largest absolute Gasteiger partial charge is 0.493 e. The van der Waals surface area contributed by atoms with Crippen LogP contribution in [0.15, 0.2) is 23.2 Å². The van der Waals surface area contributed by atoms with Crippen LogP contribution in [0.1, 0.15) is 35.3 Å². The zero-order valence-electron chi connectivity index (χ0n) is 12.8. The van der Waals surface area contributed by atoms with Gasteiger partial charge in [-0.15, -0.1) is 0 Å². The number of sulfone groups is 1. The lowest BCUT2D eigenvalue weighted by Gasteiger charge is -2.19. The van der Waals surface area contributed by atoms with Crippen LogP contribution in [0, 0.1) is 0 Å². The Balaban J connectivity index is 2.22. The van der Waals surface area contributed by atoms with E-state index in [1.165, 1.54) is 30.1 Å². The Hall–Kier alpha value is -1.86. The zero-order valence-corrected chi connectivity index (χ0v) is 14.4. The summed E-state index contributed by atoms with van der Waals surface area (Å²) in [6.07, 6.45) is 1.25. The van der Waals surface area contributed by atoms with Gasteiger partial charge in [-0.2, -0.15) is 5.10 Å². The summed E-state index contributed by atoms with van der Waals surface area (Å²) in [5.41, 5.74) is -0.0567. The molecule has 1 aromatic carbocycles. The lowest BCUT2D eigenvalue weighted by molar-refractivity contribution is 0.103. The summed E-state index contributed by atoms with van der Waals surface area (Å²) >= 11 is 6.38. The molecule has 2 heterocycles. The van der Waals surface area contributed by atoms with Crippen LogP contribution in [-0.4, -0.2) is 34.8 Å². The number of rotatable bonds is 2. The Morgan fingerprint density at radius 1 is 1.35 bits per heavy atom. The van der Waals surface area contributed by atoms with Crippen molar-refractivity contribution in [2.75, 3.05) is 5.75 Å². The van der Waals surface area contributed by atoms with Crippen LogP contribution < -0.4 is 0 Å². The molecule has 2 aromatic rings. The molecule has 0 unspecified atom stereocenters. The number of carbonyl (C=O) groups is 1. The van der Waals surface area contributed by atoms with Gasteiger partial charge in [0.2, 0.25) is 11.7 Å². The average Bonchev–Trinajstić information content (AvgIpc) is 2.85. The van der Waals surface area contributed by atoms with Gasteiger partial charge in [-0.05, 0) is 17.7 Å². The van der Waals surface area contributed by atoms with Crippen molar-refractivity contribution < 1.29 is 18.3 Å². The number of nitrogens with zero attached hydrogens (tertiary/aromatic N) is 2. The van der Waals surface area contributed by atoms with Crippen LogP contribution in [-0.2, 0) is 22.3 Å². The minimum atomic E-state index is -3.41. The van der Waals surface area contributed by atoms with E-state index in [9.17, 15) is 18.3 Å². The highest BCUT2D eigenvalue weighted by Crippen LogP contribution is 2.45. The molecule has 0 spiro atoms. The van der Waals surface area contributed by atoms with Gasteiger partial charge in [-0.3, -0.25) is 4.79 Å². The first kappa shape index (κ1) is 16.0. The highest BCUT2D eigenvalue weighted by atomic mass is 35.5. The fraction of sp³-hybridized carbons (Fsp3) is 0.333. The molecule has 0 aliphatic carbocycles. The first-order valence-electron chi connectivity index (χ1n) is 6.87. The normalized spacial score (nSPS) is 17.9. The lowest BCUT2D eigenvalue weighted by atomic mass is 9.85. The van der Waals surface area contributed by atoms with E-state index in [1.807, 2.05) is 0 Å². The fourth-order valence-electron chi connectivity index (χ4n) is 2.98. The Bertz CT molecular complexity index is 945. The van der Waals surface area contributed by atoms with Gasteiger partial charge in [-0.25, -0.2) is 13.1 Å². The summed E-state index contributed by atoms with van der Waals surface area (Å²) in [4.78, 5) is 12.8. The lowest BCUT2D eigenvalue weighted by Crippen LogP contribution is -2.20. The number of ketones is 1. The molecule has 0 saturated heterocycles. The van der Waals surface area contributed by atoms with Crippen LogP contribution in [0.4, 0.5) is 0 Å².